The molecule has 0 aromatic heterocycles. The fourth-order valence-corrected chi connectivity index (χ4v) is 1.50. The SMILES string of the molecule is C=C(CC)COc1ccc(CNCC(C)C)cc1. The first-order valence-corrected chi connectivity index (χ1v) is 6.71. The summed E-state index contributed by atoms with van der Waals surface area (Å²) in [6, 6.07) is 8.26. The zero-order chi connectivity index (χ0) is 13.4. The Labute approximate surface area is 111 Å². The van der Waals surface area contributed by atoms with Gasteiger partial charge < -0.3 is 10.1 Å². The first-order chi connectivity index (χ1) is 8.61. The van der Waals surface area contributed by atoms with E-state index in [9.17, 15) is 0 Å². The Morgan fingerprint density at radius 3 is 2.50 bits per heavy atom. The molecule has 0 amide bonds. The third kappa shape index (κ3) is 5.87. The number of benzene rings is 1. The number of hydrogen-bond acceptors (Lipinski definition) is 2. The summed E-state index contributed by atoms with van der Waals surface area (Å²) in [5.74, 6) is 1.60. The smallest absolute Gasteiger partial charge is 0.119 e. The molecule has 0 spiro atoms. The molecule has 0 aliphatic carbocycles. The Hall–Kier alpha value is -1.28. The van der Waals surface area contributed by atoms with Crippen LogP contribution >= 0.6 is 0 Å². The van der Waals surface area contributed by atoms with Crippen LogP contribution in [0.25, 0.3) is 0 Å². The first-order valence-electron chi connectivity index (χ1n) is 6.71. The fraction of sp³-hybridized carbons (Fsp3) is 0.500. The van der Waals surface area contributed by atoms with Gasteiger partial charge in [0.25, 0.3) is 0 Å². The monoisotopic (exact) mass is 247 g/mol. The van der Waals surface area contributed by atoms with Crippen LogP contribution in [0.2, 0.25) is 0 Å². The Balaban J connectivity index is 2.35. The lowest BCUT2D eigenvalue weighted by Crippen LogP contribution is -2.18. The molecule has 1 aromatic rings. The zero-order valence-corrected chi connectivity index (χ0v) is 11.8. The van der Waals surface area contributed by atoms with Crippen molar-refractivity contribution in [2.45, 2.75) is 33.7 Å². The predicted octanol–water partition coefficient (Wildman–Crippen LogP) is 3.78. The van der Waals surface area contributed by atoms with Crippen LogP contribution in [0, 0.1) is 5.92 Å². The molecular formula is C16H25NO. The standard InChI is InChI=1S/C16H25NO/c1-5-14(4)12-18-16-8-6-15(7-9-16)11-17-10-13(2)3/h6-9,13,17H,4-5,10-12H2,1-3H3. The summed E-state index contributed by atoms with van der Waals surface area (Å²) in [6.45, 7) is 13.0. The molecule has 1 N–H and O–H groups in total. The van der Waals surface area contributed by atoms with Crippen LogP contribution in [0.4, 0.5) is 0 Å². The molecule has 1 rings (SSSR count). The second-order valence-corrected chi connectivity index (χ2v) is 5.06. The van der Waals surface area contributed by atoms with Gasteiger partial charge in [-0.05, 0) is 42.2 Å². The van der Waals surface area contributed by atoms with Gasteiger partial charge >= 0.3 is 0 Å². The second kappa shape index (κ2) is 7.93. The number of hydrogen-bond donors (Lipinski definition) is 1. The van der Waals surface area contributed by atoms with Crippen molar-refractivity contribution >= 4 is 0 Å². The Bertz CT molecular complexity index is 354. The van der Waals surface area contributed by atoms with Gasteiger partial charge in [0.15, 0.2) is 0 Å². The summed E-state index contributed by atoms with van der Waals surface area (Å²) in [5, 5.41) is 3.43. The summed E-state index contributed by atoms with van der Waals surface area (Å²) in [6.07, 6.45) is 0.969. The van der Waals surface area contributed by atoms with Crippen LogP contribution in [0.1, 0.15) is 32.8 Å². The van der Waals surface area contributed by atoms with Gasteiger partial charge in [-0.3, -0.25) is 0 Å². The molecule has 1 aromatic carbocycles. The highest BCUT2D eigenvalue weighted by Crippen LogP contribution is 2.13. The third-order valence-electron chi connectivity index (χ3n) is 2.75. The van der Waals surface area contributed by atoms with Crippen molar-refractivity contribution in [1.82, 2.24) is 5.32 Å². The van der Waals surface area contributed by atoms with Crippen LogP contribution in [-0.2, 0) is 6.54 Å². The van der Waals surface area contributed by atoms with Crippen molar-refractivity contribution in [2.75, 3.05) is 13.2 Å². The van der Waals surface area contributed by atoms with Crippen molar-refractivity contribution in [2.24, 2.45) is 5.92 Å². The normalized spacial score (nSPS) is 10.7. The molecule has 0 atom stereocenters. The maximum atomic E-state index is 5.64. The lowest BCUT2D eigenvalue weighted by atomic mass is 10.2. The van der Waals surface area contributed by atoms with E-state index in [1.807, 2.05) is 12.1 Å². The fourth-order valence-electron chi connectivity index (χ4n) is 1.50. The van der Waals surface area contributed by atoms with Gasteiger partial charge in [0.1, 0.15) is 12.4 Å². The molecular weight excluding hydrogens is 222 g/mol. The van der Waals surface area contributed by atoms with Crippen molar-refractivity contribution in [1.29, 1.82) is 0 Å². The maximum Gasteiger partial charge on any atom is 0.119 e. The molecule has 0 saturated carbocycles. The van der Waals surface area contributed by atoms with Crippen molar-refractivity contribution in [3.8, 4) is 5.75 Å². The topological polar surface area (TPSA) is 21.3 Å². The second-order valence-electron chi connectivity index (χ2n) is 5.06. The Morgan fingerprint density at radius 2 is 1.94 bits per heavy atom. The van der Waals surface area contributed by atoms with E-state index < -0.39 is 0 Å². The summed E-state index contributed by atoms with van der Waals surface area (Å²) >= 11 is 0. The van der Waals surface area contributed by atoms with Gasteiger partial charge in [0.2, 0.25) is 0 Å². The number of rotatable bonds is 8. The molecule has 0 unspecified atom stereocenters. The highest BCUT2D eigenvalue weighted by atomic mass is 16.5. The minimum absolute atomic E-state index is 0.613. The average molecular weight is 247 g/mol. The molecule has 0 aliphatic heterocycles. The highest BCUT2D eigenvalue weighted by molar-refractivity contribution is 5.27. The van der Waals surface area contributed by atoms with E-state index in [4.69, 9.17) is 4.74 Å². The van der Waals surface area contributed by atoms with E-state index in [-0.39, 0.29) is 0 Å². The zero-order valence-electron chi connectivity index (χ0n) is 11.8. The molecule has 0 fully saturated rings. The first kappa shape index (κ1) is 14.8. The van der Waals surface area contributed by atoms with E-state index in [1.165, 1.54) is 5.56 Å². The summed E-state index contributed by atoms with van der Waals surface area (Å²) in [7, 11) is 0. The summed E-state index contributed by atoms with van der Waals surface area (Å²) in [5.41, 5.74) is 2.41. The van der Waals surface area contributed by atoms with Gasteiger partial charge in [-0.15, -0.1) is 0 Å². The van der Waals surface area contributed by atoms with Gasteiger partial charge in [-0.1, -0.05) is 39.5 Å². The third-order valence-corrected chi connectivity index (χ3v) is 2.75. The lowest BCUT2D eigenvalue weighted by Gasteiger charge is -2.09. The Morgan fingerprint density at radius 1 is 1.28 bits per heavy atom. The van der Waals surface area contributed by atoms with Gasteiger partial charge in [0.05, 0.1) is 0 Å². The van der Waals surface area contributed by atoms with E-state index in [0.717, 1.165) is 30.8 Å². The summed E-state index contributed by atoms with van der Waals surface area (Å²) in [4.78, 5) is 0. The van der Waals surface area contributed by atoms with Crippen LogP contribution in [0.3, 0.4) is 0 Å². The van der Waals surface area contributed by atoms with E-state index in [0.29, 0.717) is 12.5 Å². The van der Waals surface area contributed by atoms with E-state index in [2.05, 4.69) is 44.8 Å². The van der Waals surface area contributed by atoms with E-state index in [1.54, 1.807) is 0 Å². The van der Waals surface area contributed by atoms with Gasteiger partial charge in [-0.25, -0.2) is 0 Å². The summed E-state index contributed by atoms with van der Waals surface area (Å²) < 4.78 is 5.64. The number of ether oxygens (including phenoxy) is 1. The molecule has 0 bridgehead atoms. The molecule has 0 saturated heterocycles. The average Bonchev–Trinajstić information content (AvgIpc) is 2.37. The largest absolute Gasteiger partial charge is 0.489 e. The lowest BCUT2D eigenvalue weighted by molar-refractivity contribution is 0.349. The number of nitrogens with one attached hydrogen (secondary N) is 1. The highest BCUT2D eigenvalue weighted by Gasteiger charge is 1.98. The molecule has 0 aliphatic rings. The molecule has 18 heavy (non-hydrogen) atoms. The maximum absolute atomic E-state index is 5.64. The van der Waals surface area contributed by atoms with Crippen molar-refractivity contribution < 1.29 is 4.74 Å². The van der Waals surface area contributed by atoms with Crippen LogP contribution in [0.15, 0.2) is 36.4 Å². The van der Waals surface area contributed by atoms with E-state index >= 15 is 0 Å². The Kier molecular flexibility index (Phi) is 6.51. The van der Waals surface area contributed by atoms with Gasteiger partial charge in [0, 0.05) is 6.54 Å². The predicted molar refractivity (Wildman–Crippen MR) is 77.9 cm³/mol. The van der Waals surface area contributed by atoms with Gasteiger partial charge in [-0.2, -0.15) is 0 Å². The molecule has 100 valence electrons. The molecule has 2 heteroatoms. The minimum Gasteiger partial charge on any atom is -0.489 e. The van der Waals surface area contributed by atoms with Crippen LogP contribution in [-0.4, -0.2) is 13.2 Å². The van der Waals surface area contributed by atoms with Crippen molar-refractivity contribution in [3.05, 3.63) is 42.0 Å². The van der Waals surface area contributed by atoms with Crippen molar-refractivity contribution in [3.63, 3.8) is 0 Å². The van der Waals surface area contributed by atoms with Crippen LogP contribution in [0.5, 0.6) is 5.75 Å². The molecule has 0 radical (unpaired) electrons. The molecule has 0 heterocycles. The molecule has 2 nitrogen and oxygen atoms in total. The van der Waals surface area contributed by atoms with Crippen LogP contribution < -0.4 is 10.1 Å². The quantitative estimate of drug-likeness (QED) is 0.706. The minimum atomic E-state index is 0.613.